The van der Waals surface area contributed by atoms with Gasteiger partial charge in [0.15, 0.2) is 0 Å². The van der Waals surface area contributed by atoms with E-state index in [0.717, 1.165) is 23.8 Å². The van der Waals surface area contributed by atoms with Gasteiger partial charge >= 0.3 is 0 Å². The first kappa shape index (κ1) is 8.20. The van der Waals surface area contributed by atoms with E-state index in [1.54, 1.807) is 0 Å². The van der Waals surface area contributed by atoms with Crippen LogP contribution in [-0.2, 0) is 0 Å². The summed E-state index contributed by atoms with van der Waals surface area (Å²) in [6.07, 6.45) is 0. The molecule has 0 aromatic carbocycles. The maximum atomic E-state index is 5.55. The van der Waals surface area contributed by atoms with Crippen molar-refractivity contribution in [3.63, 3.8) is 0 Å². The van der Waals surface area contributed by atoms with Gasteiger partial charge in [0, 0.05) is 18.1 Å². The van der Waals surface area contributed by atoms with Crippen molar-refractivity contribution in [1.29, 1.82) is 0 Å². The van der Waals surface area contributed by atoms with Crippen LogP contribution in [0.1, 0.15) is 17.6 Å². The normalized spacial score (nSPS) is 24.2. The molecule has 66 valence electrons. The number of hydrogen-bond donors (Lipinski definition) is 1. The van der Waals surface area contributed by atoms with E-state index in [9.17, 15) is 0 Å². The molecule has 1 N–H and O–H groups in total. The summed E-state index contributed by atoms with van der Waals surface area (Å²) in [6, 6.07) is 4.52. The zero-order chi connectivity index (χ0) is 8.39. The SMILES string of the molecule is Cc1ccc([C@@H]2CSCCN2)o1. The lowest BCUT2D eigenvalue weighted by Gasteiger charge is -2.20. The van der Waals surface area contributed by atoms with Crippen LogP contribution in [-0.4, -0.2) is 18.1 Å². The lowest BCUT2D eigenvalue weighted by molar-refractivity contribution is 0.422. The van der Waals surface area contributed by atoms with Gasteiger partial charge in [-0.2, -0.15) is 11.8 Å². The zero-order valence-electron chi connectivity index (χ0n) is 7.17. The Kier molecular flexibility index (Phi) is 2.42. The molecule has 2 rings (SSSR count). The number of aryl methyl sites for hydroxylation is 1. The molecule has 1 aromatic rings. The molecule has 2 nitrogen and oxygen atoms in total. The Morgan fingerprint density at radius 1 is 1.58 bits per heavy atom. The molecule has 1 saturated heterocycles. The van der Waals surface area contributed by atoms with Crippen LogP contribution in [0.5, 0.6) is 0 Å². The highest BCUT2D eigenvalue weighted by atomic mass is 32.2. The van der Waals surface area contributed by atoms with E-state index in [-0.39, 0.29) is 0 Å². The Hall–Kier alpha value is -0.410. The Morgan fingerprint density at radius 2 is 2.50 bits per heavy atom. The molecule has 1 aliphatic heterocycles. The van der Waals surface area contributed by atoms with Crippen LogP contribution in [0.3, 0.4) is 0 Å². The van der Waals surface area contributed by atoms with Crippen molar-refractivity contribution in [2.45, 2.75) is 13.0 Å². The molecule has 0 saturated carbocycles. The van der Waals surface area contributed by atoms with Crippen molar-refractivity contribution in [3.8, 4) is 0 Å². The second-order valence-corrected chi connectivity index (χ2v) is 4.18. The molecule has 1 atom stereocenters. The van der Waals surface area contributed by atoms with Crippen LogP contribution >= 0.6 is 11.8 Å². The van der Waals surface area contributed by atoms with Crippen molar-refractivity contribution in [1.82, 2.24) is 5.32 Å². The van der Waals surface area contributed by atoms with Crippen LogP contribution in [0.2, 0.25) is 0 Å². The molecule has 0 radical (unpaired) electrons. The summed E-state index contributed by atoms with van der Waals surface area (Å²) in [5.41, 5.74) is 0. The van der Waals surface area contributed by atoms with E-state index in [0.29, 0.717) is 6.04 Å². The molecule has 3 heteroatoms. The molecule has 0 amide bonds. The van der Waals surface area contributed by atoms with Gasteiger partial charge < -0.3 is 9.73 Å². The summed E-state index contributed by atoms with van der Waals surface area (Å²) >= 11 is 1.98. The summed E-state index contributed by atoms with van der Waals surface area (Å²) < 4.78 is 5.55. The van der Waals surface area contributed by atoms with Gasteiger partial charge in [0.2, 0.25) is 0 Å². The van der Waals surface area contributed by atoms with Gasteiger partial charge in [0.05, 0.1) is 6.04 Å². The third-order valence-corrected chi connectivity index (χ3v) is 3.09. The minimum absolute atomic E-state index is 0.428. The third kappa shape index (κ3) is 1.67. The average Bonchev–Trinajstić information content (AvgIpc) is 2.54. The fourth-order valence-electron chi connectivity index (χ4n) is 1.39. The van der Waals surface area contributed by atoms with Crippen LogP contribution in [0, 0.1) is 6.92 Å². The van der Waals surface area contributed by atoms with Crippen molar-refractivity contribution >= 4 is 11.8 Å². The predicted octanol–water partition coefficient (Wildman–Crippen LogP) is 1.97. The second kappa shape index (κ2) is 3.54. The first-order chi connectivity index (χ1) is 5.86. The van der Waals surface area contributed by atoms with Crippen LogP contribution in [0.15, 0.2) is 16.5 Å². The van der Waals surface area contributed by atoms with Gasteiger partial charge in [-0.1, -0.05) is 0 Å². The van der Waals surface area contributed by atoms with Crippen molar-refractivity contribution in [2.75, 3.05) is 18.1 Å². The third-order valence-electron chi connectivity index (χ3n) is 2.03. The van der Waals surface area contributed by atoms with Gasteiger partial charge in [-0.15, -0.1) is 0 Å². The fraction of sp³-hybridized carbons (Fsp3) is 0.556. The van der Waals surface area contributed by atoms with E-state index >= 15 is 0 Å². The highest BCUT2D eigenvalue weighted by molar-refractivity contribution is 7.99. The maximum absolute atomic E-state index is 5.55. The van der Waals surface area contributed by atoms with Crippen molar-refractivity contribution in [2.24, 2.45) is 0 Å². The van der Waals surface area contributed by atoms with E-state index in [1.165, 1.54) is 5.75 Å². The number of thioether (sulfide) groups is 1. The van der Waals surface area contributed by atoms with Crippen molar-refractivity contribution in [3.05, 3.63) is 23.7 Å². The largest absolute Gasteiger partial charge is 0.465 e. The summed E-state index contributed by atoms with van der Waals surface area (Å²) in [5.74, 6) is 4.44. The number of rotatable bonds is 1. The molecular formula is C9H13NOS. The van der Waals surface area contributed by atoms with E-state index < -0.39 is 0 Å². The second-order valence-electron chi connectivity index (χ2n) is 3.03. The molecule has 1 fully saturated rings. The zero-order valence-corrected chi connectivity index (χ0v) is 7.99. The van der Waals surface area contributed by atoms with Gasteiger partial charge in [-0.05, 0) is 19.1 Å². The van der Waals surface area contributed by atoms with Gasteiger partial charge in [0.1, 0.15) is 11.5 Å². The predicted molar refractivity (Wildman–Crippen MR) is 51.5 cm³/mol. The van der Waals surface area contributed by atoms with Gasteiger partial charge in [0.25, 0.3) is 0 Å². The standard InChI is InChI=1S/C9H13NOS/c1-7-2-3-9(11-7)8-6-12-5-4-10-8/h2-3,8,10H,4-6H2,1H3/t8-/m0/s1. The van der Waals surface area contributed by atoms with Gasteiger partial charge in [-0.3, -0.25) is 0 Å². The fourth-order valence-corrected chi connectivity index (χ4v) is 2.34. The molecule has 2 heterocycles. The summed E-state index contributed by atoms with van der Waals surface area (Å²) in [6.45, 7) is 3.08. The highest BCUT2D eigenvalue weighted by Crippen LogP contribution is 2.23. The number of furan rings is 1. The topological polar surface area (TPSA) is 25.2 Å². The molecule has 12 heavy (non-hydrogen) atoms. The van der Waals surface area contributed by atoms with Crippen molar-refractivity contribution < 1.29 is 4.42 Å². The first-order valence-corrected chi connectivity index (χ1v) is 5.39. The minimum atomic E-state index is 0.428. The lowest BCUT2D eigenvalue weighted by atomic mass is 10.2. The average molecular weight is 183 g/mol. The number of nitrogens with one attached hydrogen (secondary N) is 1. The monoisotopic (exact) mass is 183 g/mol. The molecular weight excluding hydrogens is 170 g/mol. The molecule has 0 spiro atoms. The Bertz CT molecular complexity index is 253. The van der Waals surface area contributed by atoms with Crippen LogP contribution in [0.4, 0.5) is 0 Å². The first-order valence-electron chi connectivity index (χ1n) is 4.24. The molecule has 0 aliphatic carbocycles. The summed E-state index contributed by atoms with van der Waals surface area (Å²) in [4.78, 5) is 0. The summed E-state index contributed by atoms with van der Waals surface area (Å²) in [5, 5.41) is 3.43. The van der Waals surface area contributed by atoms with E-state index in [1.807, 2.05) is 24.8 Å². The Balaban J connectivity index is 2.08. The minimum Gasteiger partial charge on any atom is -0.465 e. The smallest absolute Gasteiger partial charge is 0.121 e. The lowest BCUT2D eigenvalue weighted by Crippen LogP contribution is -2.29. The summed E-state index contributed by atoms with van der Waals surface area (Å²) in [7, 11) is 0. The van der Waals surface area contributed by atoms with Crippen LogP contribution < -0.4 is 5.32 Å². The van der Waals surface area contributed by atoms with E-state index in [2.05, 4.69) is 11.4 Å². The Morgan fingerprint density at radius 3 is 3.08 bits per heavy atom. The highest BCUT2D eigenvalue weighted by Gasteiger charge is 2.17. The molecule has 1 aliphatic rings. The molecule has 1 aromatic heterocycles. The maximum Gasteiger partial charge on any atom is 0.121 e. The molecule has 0 bridgehead atoms. The van der Waals surface area contributed by atoms with Crippen LogP contribution in [0.25, 0.3) is 0 Å². The van der Waals surface area contributed by atoms with E-state index in [4.69, 9.17) is 4.42 Å². The quantitative estimate of drug-likeness (QED) is 0.720. The Labute approximate surface area is 76.7 Å². The van der Waals surface area contributed by atoms with Gasteiger partial charge in [-0.25, -0.2) is 0 Å². The molecule has 0 unspecified atom stereocenters. The number of hydrogen-bond acceptors (Lipinski definition) is 3.